The molecule has 0 atom stereocenters. The number of aryl methyl sites for hydroxylation is 1. The number of rotatable bonds is 3. The maximum absolute atomic E-state index is 4.77. The topological polar surface area (TPSA) is 75.3 Å². The van der Waals surface area contributed by atoms with Crippen molar-refractivity contribution in [2.75, 3.05) is 29.9 Å². The largest absolute Gasteiger partial charge is 0.351 e. The molecule has 3 aromatic heterocycles. The molecule has 8 nitrogen and oxygen atoms in total. The summed E-state index contributed by atoms with van der Waals surface area (Å²) in [5.41, 5.74) is 0.686. The fraction of sp³-hybridized carbons (Fsp3) is 0.562. The van der Waals surface area contributed by atoms with Crippen molar-refractivity contribution in [1.29, 1.82) is 0 Å². The van der Waals surface area contributed by atoms with Crippen molar-refractivity contribution in [3.8, 4) is 0 Å². The Morgan fingerprint density at radius 1 is 1.12 bits per heavy atom. The van der Waals surface area contributed by atoms with Crippen LogP contribution in [-0.4, -0.2) is 56.2 Å². The summed E-state index contributed by atoms with van der Waals surface area (Å²) >= 11 is 1.63. The van der Waals surface area contributed by atoms with Crippen molar-refractivity contribution < 1.29 is 0 Å². The predicted octanol–water partition coefficient (Wildman–Crippen LogP) is 1.91. The molecule has 1 aliphatic heterocycles. The maximum Gasteiger partial charge on any atom is 0.208 e. The van der Waals surface area contributed by atoms with Crippen LogP contribution in [-0.2, 0) is 5.41 Å². The van der Waals surface area contributed by atoms with Crippen LogP contribution in [0, 0.1) is 6.92 Å². The van der Waals surface area contributed by atoms with Gasteiger partial charge in [0.15, 0.2) is 11.5 Å². The molecule has 0 amide bonds. The molecule has 0 bridgehead atoms. The molecule has 4 rings (SSSR count). The van der Waals surface area contributed by atoms with Gasteiger partial charge in [-0.25, -0.2) is 0 Å². The third-order valence-electron chi connectivity index (χ3n) is 4.47. The first kappa shape index (κ1) is 16.2. The molecule has 25 heavy (non-hydrogen) atoms. The molecular weight excluding hydrogens is 336 g/mol. The van der Waals surface area contributed by atoms with E-state index in [2.05, 4.69) is 58.0 Å². The van der Waals surface area contributed by atoms with E-state index in [-0.39, 0.29) is 5.41 Å². The summed E-state index contributed by atoms with van der Waals surface area (Å²) in [5, 5.41) is 23.6. The van der Waals surface area contributed by atoms with Gasteiger partial charge in [0.2, 0.25) is 5.13 Å². The van der Waals surface area contributed by atoms with Crippen LogP contribution in [0.5, 0.6) is 0 Å². The van der Waals surface area contributed by atoms with Gasteiger partial charge in [-0.2, -0.15) is 4.52 Å². The molecule has 0 N–H and O–H groups in total. The van der Waals surface area contributed by atoms with Gasteiger partial charge in [0.25, 0.3) is 0 Å². The zero-order valence-corrected chi connectivity index (χ0v) is 15.9. The first-order valence-corrected chi connectivity index (χ1v) is 9.15. The molecule has 9 heteroatoms. The van der Waals surface area contributed by atoms with Crippen molar-refractivity contribution in [3.63, 3.8) is 0 Å². The van der Waals surface area contributed by atoms with Gasteiger partial charge in [0.1, 0.15) is 10.8 Å². The number of fused-ring (bicyclic) bond motifs is 1. The molecule has 1 aliphatic rings. The molecule has 3 aromatic rings. The van der Waals surface area contributed by atoms with E-state index in [1.54, 1.807) is 11.3 Å². The highest BCUT2D eigenvalue weighted by atomic mass is 32.1. The Labute approximate surface area is 150 Å². The van der Waals surface area contributed by atoms with Crippen LogP contribution in [0.1, 0.15) is 31.6 Å². The second-order valence-corrected chi connectivity index (χ2v) is 8.67. The summed E-state index contributed by atoms with van der Waals surface area (Å²) in [4.78, 5) is 4.47. The van der Waals surface area contributed by atoms with Crippen molar-refractivity contribution >= 4 is 27.9 Å². The highest BCUT2D eigenvalue weighted by Gasteiger charge is 2.33. The Morgan fingerprint density at radius 2 is 1.88 bits per heavy atom. The molecule has 0 aliphatic carbocycles. The Bertz CT molecular complexity index is 902. The van der Waals surface area contributed by atoms with Crippen molar-refractivity contribution in [2.45, 2.75) is 39.2 Å². The predicted molar refractivity (Wildman–Crippen MR) is 98.5 cm³/mol. The van der Waals surface area contributed by atoms with E-state index in [0.29, 0.717) is 6.04 Å². The van der Waals surface area contributed by atoms with Gasteiger partial charge < -0.3 is 9.80 Å². The van der Waals surface area contributed by atoms with Crippen LogP contribution in [0.2, 0.25) is 0 Å². The smallest absolute Gasteiger partial charge is 0.208 e. The third kappa shape index (κ3) is 2.82. The molecule has 0 saturated carbocycles. The van der Waals surface area contributed by atoms with Crippen molar-refractivity contribution in [2.24, 2.45) is 0 Å². The van der Waals surface area contributed by atoms with Crippen molar-refractivity contribution in [3.05, 3.63) is 23.0 Å². The molecule has 4 heterocycles. The van der Waals surface area contributed by atoms with E-state index in [0.717, 1.165) is 40.5 Å². The standard InChI is InChI=1S/C16H22N8S/c1-10-17-20-15(25-10)22(5)11-8-23(9-11)13-7-6-12-18-19-14(16(2,3)4)24(12)21-13/h6-7,11H,8-9H2,1-5H3. The van der Waals surface area contributed by atoms with Gasteiger partial charge in [-0.05, 0) is 19.1 Å². The Hall–Kier alpha value is -2.29. The fourth-order valence-electron chi connectivity index (χ4n) is 2.89. The quantitative estimate of drug-likeness (QED) is 0.708. The molecule has 0 spiro atoms. The van der Waals surface area contributed by atoms with Crippen LogP contribution in [0.25, 0.3) is 5.65 Å². The molecule has 0 radical (unpaired) electrons. The van der Waals surface area contributed by atoms with E-state index in [1.165, 1.54) is 0 Å². The van der Waals surface area contributed by atoms with E-state index in [4.69, 9.17) is 5.10 Å². The van der Waals surface area contributed by atoms with Crippen LogP contribution in [0.15, 0.2) is 12.1 Å². The lowest BCUT2D eigenvalue weighted by Crippen LogP contribution is -2.59. The second kappa shape index (κ2) is 5.62. The summed E-state index contributed by atoms with van der Waals surface area (Å²) < 4.78 is 1.86. The van der Waals surface area contributed by atoms with E-state index < -0.39 is 0 Å². The van der Waals surface area contributed by atoms with E-state index >= 15 is 0 Å². The highest BCUT2D eigenvalue weighted by molar-refractivity contribution is 7.15. The van der Waals surface area contributed by atoms with Gasteiger partial charge >= 0.3 is 0 Å². The number of hydrogen-bond acceptors (Lipinski definition) is 8. The molecule has 0 aromatic carbocycles. The van der Waals surface area contributed by atoms with Crippen LogP contribution < -0.4 is 9.80 Å². The van der Waals surface area contributed by atoms with E-state index in [9.17, 15) is 0 Å². The Morgan fingerprint density at radius 3 is 2.52 bits per heavy atom. The first-order chi connectivity index (χ1) is 11.8. The maximum atomic E-state index is 4.77. The summed E-state index contributed by atoms with van der Waals surface area (Å²) in [7, 11) is 2.08. The van der Waals surface area contributed by atoms with Gasteiger partial charge in [0.05, 0.1) is 6.04 Å². The Balaban J connectivity index is 1.52. The highest BCUT2D eigenvalue weighted by Crippen LogP contribution is 2.27. The second-order valence-electron chi connectivity index (χ2n) is 7.51. The number of hydrogen-bond donors (Lipinski definition) is 0. The first-order valence-electron chi connectivity index (χ1n) is 8.34. The number of aromatic nitrogens is 6. The molecule has 1 saturated heterocycles. The molecule has 0 unspecified atom stereocenters. The van der Waals surface area contributed by atoms with E-state index in [1.807, 2.05) is 23.6 Å². The lowest BCUT2D eigenvalue weighted by Gasteiger charge is -2.44. The summed E-state index contributed by atoms with van der Waals surface area (Å²) in [5.74, 6) is 1.83. The van der Waals surface area contributed by atoms with Gasteiger partial charge in [0, 0.05) is 25.6 Å². The summed E-state index contributed by atoms with van der Waals surface area (Å²) in [6.07, 6.45) is 0. The summed E-state index contributed by atoms with van der Waals surface area (Å²) in [6, 6.07) is 4.42. The average Bonchev–Trinajstić information content (AvgIpc) is 3.10. The SMILES string of the molecule is Cc1nnc(N(C)C2CN(c3ccc4nnc(C(C)(C)C)n4n3)C2)s1. The minimum absolute atomic E-state index is 0.0988. The molecule has 1 fully saturated rings. The molecular formula is C16H22N8S. The third-order valence-corrected chi connectivity index (χ3v) is 5.40. The minimum Gasteiger partial charge on any atom is -0.351 e. The fourth-order valence-corrected chi connectivity index (χ4v) is 3.61. The normalized spacial score (nSPS) is 15.6. The lowest BCUT2D eigenvalue weighted by atomic mass is 9.96. The van der Waals surface area contributed by atoms with Gasteiger partial charge in [-0.15, -0.1) is 25.5 Å². The monoisotopic (exact) mass is 358 g/mol. The lowest BCUT2D eigenvalue weighted by molar-refractivity contribution is 0.484. The van der Waals surface area contributed by atoms with Gasteiger partial charge in [-0.1, -0.05) is 32.1 Å². The van der Waals surface area contributed by atoms with Gasteiger partial charge in [-0.3, -0.25) is 0 Å². The van der Waals surface area contributed by atoms with Crippen molar-refractivity contribution in [1.82, 2.24) is 30.0 Å². The average molecular weight is 358 g/mol. The number of nitrogens with zero attached hydrogens (tertiary/aromatic N) is 8. The van der Waals surface area contributed by atoms with Crippen LogP contribution in [0.4, 0.5) is 10.9 Å². The zero-order chi connectivity index (χ0) is 17.8. The van der Waals surface area contributed by atoms with Crippen LogP contribution >= 0.6 is 11.3 Å². The number of likely N-dealkylation sites (N-methyl/N-ethyl adjacent to an activating group) is 1. The zero-order valence-electron chi connectivity index (χ0n) is 15.1. The van der Waals surface area contributed by atoms with Crippen LogP contribution in [0.3, 0.4) is 0 Å². The minimum atomic E-state index is -0.0988. The molecule has 132 valence electrons. The number of anilines is 2. The summed E-state index contributed by atoms with van der Waals surface area (Å²) in [6.45, 7) is 10.2. The Kier molecular flexibility index (Phi) is 3.64.